The normalized spacial score (nSPS) is 16.5. The smallest absolute Gasteiger partial charge is 0.307 e. The molecule has 0 aromatic heterocycles. The number of carbonyl (C=O) groups is 1. The maximum atomic E-state index is 10.9. The van der Waals surface area contributed by atoms with Crippen molar-refractivity contribution in [3.05, 3.63) is 24.3 Å². The Hall–Kier alpha value is -1.71. The summed E-state index contributed by atoms with van der Waals surface area (Å²) in [7, 11) is 0. The van der Waals surface area contributed by atoms with Crippen LogP contribution in [0.3, 0.4) is 0 Å². The molecule has 1 fully saturated rings. The molecular weight excluding hydrogens is 244 g/mol. The van der Waals surface area contributed by atoms with Gasteiger partial charge < -0.3 is 14.6 Å². The van der Waals surface area contributed by atoms with Gasteiger partial charge in [0.15, 0.2) is 0 Å². The van der Waals surface area contributed by atoms with Gasteiger partial charge in [-0.25, -0.2) is 0 Å². The number of carboxylic acid groups (broad SMARTS) is 1. The Balaban J connectivity index is 1.96. The third-order valence-corrected chi connectivity index (χ3v) is 3.37. The molecule has 1 aromatic rings. The molecule has 0 atom stereocenters. The summed E-state index contributed by atoms with van der Waals surface area (Å²) in [5, 5.41) is 8.93. The first-order chi connectivity index (χ1) is 9.13. The van der Waals surface area contributed by atoms with Crippen LogP contribution in [0.2, 0.25) is 0 Å². The van der Waals surface area contributed by atoms with E-state index in [1.165, 1.54) is 0 Å². The van der Waals surface area contributed by atoms with Gasteiger partial charge in [-0.2, -0.15) is 0 Å². The van der Waals surface area contributed by atoms with Gasteiger partial charge in [0.25, 0.3) is 0 Å². The largest absolute Gasteiger partial charge is 0.494 e. The van der Waals surface area contributed by atoms with Crippen molar-refractivity contribution >= 4 is 5.97 Å². The SMILES string of the molecule is CCCOc1ccc(OC2(CC(=O)O)CCC2)cc1. The van der Waals surface area contributed by atoms with Gasteiger partial charge in [0.1, 0.15) is 17.1 Å². The first-order valence-corrected chi connectivity index (χ1v) is 6.77. The van der Waals surface area contributed by atoms with Crippen molar-refractivity contribution in [3.63, 3.8) is 0 Å². The standard InChI is InChI=1S/C15H20O4/c1-2-10-18-12-4-6-13(7-5-12)19-15(8-3-9-15)11-14(16)17/h4-7H,2-3,8-11H2,1H3,(H,16,17). The minimum Gasteiger partial charge on any atom is -0.494 e. The quantitative estimate of drug-likeness (QED) is 0.821. The van der Waals surface area contributed by atoms with E-state index in [4.69, 9.17) is 14.6 Å². The van der Waals surface area contributed by atoms with E-state index >= 15 is 0 Å². The van der Waals surface area contributed by atoms with E-state index < -0.39 is 11.6 Å². The van der Waals surface area contributed by atoms with Gasteiger partial charge >= 0.3 is 5.97 Å². The maximum absolute atomic E-state index is 10.9. The van der Waals surface area contributed by atoms with E-state index in [2.05, 4.69) is 6.92 Å². The van der Waals surface area contributed by atoms with Crippen molar-refractivity contribution < 1.29 is 19.4 Å². The molecule has 0 aliphatic heterocycles. The van der Waals surface area contributed by atoms with Crippen LogP contribution in [0.25, 0.3) is 0 Å². The summed E-state index contributed by atoms with van der Waals surface area (Å²) in [4.78, 5) is 10.9. The molecule has 2 rings (SSSR count). The van der Waals surface area contributed by atoms with Crippen LogP contribution in [0.5, 0.6) is 11.5 Å². The average Bonchev–Trinajstić information content (AvgIpc) is 2.35. The number of carboxylic acids is 1. The fourth-order valence-corrected chi connectivity index (χ4v) is 2.24. The predicted molar refractivity (Wildman–Crippen MR) is 71.7 cm³/mol. The van der Waals surface area contributed by atoms with Crippen molar-refractivity contribution in [2.45, 2.75) is 44.6 Å². The highest BCUT2D eigenvalue weighted by Crippen LogP contribution is 2.39. The van der Waals surface area contributed by atoms with Crippen LogP contribution in [0.1, 0.15) is 39.0 Å². The minimum absolute atomic E-state index is 0.0705. The monoisotopic (exact) mass is 264 g/mol. The highest BCUT2D eigenvalue weighted by Gasteiger charge is 2.41. The van der Waals surface area contributed by atoms with Gasteiger partial charge in [-0.3, -0.25) is 4.79 Å². The van der Waals surface area contributed by atoms with Gasteiger partial charge in [-0.05, 0) is 49.9 Å². The minimum atomic E-state index is -0.803. The average molecular weight is 264 g/mol. The molecule has 0 radical (unpaired) electrons. The molecule has 1 aromatic carbocycles. The van der Waals surface area contributed by atoms with Crippen LogP contribution in [-0.4, -0.2) is 23.3 Å². The molecule has 4 nitrogen and oxygen atoms in total. The first-order valence-electron chi connectivity index (χ1n) is 6.77. The van der Waals surface area contributed by atoms with Crippen LogP contribution in [0.15, 0.2) is 24.3 Å². The number of benzene rings is 1. The molecule has 0 heterocycles. The molecule has 4 heteroatoms. The van der Waals surface area contributed by atoms with Gasteiger partial charge in [0.05, 0.1) is 13.0 Å². The molecule has 104 valence electrons. The molecule has 1 N–H and O–H groups in total. The summed E-state index contributed by atoms with van der Waals surface area (Å²) in [6.45, 7) is 2.76. The van der Waals surface area contributed by atoms with Gasteiger partial charge in [0, 0.05) is 0 Å². The van der Waals surface area contributed by atoms with Crippen molar-refractivity contribution in [3.8, 4) is 11.5 Å². The Labute approximate surface area is 113 Å². The summed E-state index contributed by atoms with van der Waals surface area (Å²) in [5.41, 5.74) is -0.502. The Morgan fingerprint density at radius 3 is 2.37 bits per heavy atom. The number of ether oxygens (including phenoxy) is 2. The lowest BCUT2D eigenvalue weighted by molar-refractivity contribution is -0.144. The lowest BCUT2D eigenvalue weighted by Gasteiger charge is -2.40. The lowest BCUT2D eigenvalue weighted by atomic mass is 9.77. The summed E-state index contributed by atoms with van der Waals surface area (Å²) < 4.78 is 11.4. The summed E-state index contributed by atoms with van der Waals surface area (Å²) in [5.74, 6) is 0.725. The zero-order chi connectivity index (χ0) is 13.7. The van der Waals surface area contributed by atoms with Crippen LogP contribution in [0, 0.1) is 0 Å². The van der Waals surface area contributed by atoms with Crippen molar-refractivity contribution in [2.75, 3.05) is 6.61 Å². The Morgan fingerprint density at radius 1 is 1.26 bits per heavy atom. The molecule has 19 heavy (non-hydrogen) atoms. The fourth-order valence-electron chi connectivity index (χ4n) is 2.24. The van der Waals surface area contributed by atoms with E-state index in [-0.39, 0.29) is 6.42 Å². The molecule has 1 saturated carbocycles. The second kappa shape index (κ2) is 5.95. The topological polar surface area (TPSA) is 55.8 Å². The Bertz CT molecular complexity index is 420. The molecule has 1 aliphatic rings. The first kappa shape index (κ1) is 13.7. The zero-order valence-electron chi connectivity index (χ0n) is 11.2. The van der Waals surface area contributed by atoms with E-state index in [1.54, 1.807) is 0 Å². The van der Waals surface area contributed by atoms with Crippen LogP contribution < -0.4 is 9.47 Å². The molecule has 0 amide bonds. The summed E-state index contributed by atoms with van der Waals surface area (Å²) >= 11 is 0. The molecule has 1 aliphatic carbocycles. The van der Waals surface area contributed by atoms with Crippen LogP contribution in [0.4, 0.5) is 0 Å². The molecule has 0 unspecified atom stereocenters. The number of hydrogen-bond acceptors (Lipinski definition) is 3. The van der Waals surface area contributed by atoms with E-state index in [9.17, 15) is 4.79 Å². The Morgan fingerprint density at radius 2 is 1.89 bits per heavy atom. The lowest BCUT2D eigenvalue weighted by Crippen LogP contribution is -2.45. The van der Waals surface area contributed by atoms with Gasteiger partial charge in [-0.15, -0.1) is 0 Å². The second-order valence-corrected chi connectivity index (χ2v) is 5.03. The molecule has 0 saturated heterocycles. The van der Waals surface area contributed by atoms with Crippen molar-refractivity contribution in [2.24, 2.45) is 0 Å². The van der Waals surface area contributed by atoms with Crippen LogP contribution in [-0.2, 0) is 4.79 Å². The maximum Gasteiger partial charge on any atom is 0.307 e. The van der Waals surface area contributed by atoms with Crippen molar-refractivity contribution in [1.29, 1.82) is 0 Å². The number of hydrogen-bond donors (Lipinski definition) is 1. The fraction of sp³-hybridized carbons (Fsp3) is 0.533. The number of rotatable bonds is 7. The molecular formula is C15H20O4. The highest BCUT2D eigenvalue weighted by molar-refractivity contribution is 5.68. The molecule has 0 bridgehead atoms. The highest BCUT2D eigenvalue weighted by atomic mass is 16.5. The number of aliphatic carboxylic acids is 1. The van der Waals surface area contributed by atoms with Gasteiger partial charge in [0.2, 0.25) is 0 Å². The van der Waals surface area contributed by atoms with E-state index in [0.717, 1.165) is 31.4 Å². The third-order valence-electron chi connectivity index (χ3n) is 3.37. The Kier molecular flexibility index (Phi) is 4.30. The second-order valence-electron chi connectivity index (χ2n) is 5.03. The van der Waals surface area contributed by atoms with E-state index in [0.29, 0.717) is 12.4 Å². The predicted octanol–water partition coefficient (Wildman–Crippen LogP) is 3.25. The third kappa shape index (κ3) is 3.63. The van der Waals surface area contributed by atoms with E-state index in [1.807, 2.05) is 24.3 Å². The summed E-state index contributed by atoms with van der Waals surface area (Å²) in [6, 6.07) is 7.40. The molecule has 0 spiro atoms. The summed E-state index contributed by atoms with van der Waals surface area (Å²) in [6.07, 6.45) is 3.70. The zero-order valence-corrected chi connectivity index (χ0v) is 11.2. The van der Waals surface area contributed by atoms with Crippen LogP contribution >= 0.6 is 0 Å². The van der Waals surface area contributed by atoms with Gasteiger partial charge in [-0.1, -0.05) is 6.92 Å². The van der Waals surface area contributed by atoms with Crippen molar-refractivity contribution in [1.82, 2.24) is 0 Å².